The van der Waals surface area contributed by atoms with Crippen LogP contribution in [0, 0.1) is 5.82 Å². The highest BCUT2D eigenvalue weighted by Crippen LogP contribution is 2.22. The van der Waals surface area contributed by atoms with E-state index in [0.29, 0.717) is 24.3 Å². The maximum atomic E-state index is 12.9. The van der Waals surface area contributed by atoms with Crippen LogP contribution in [0.3, 0.4) is 0 Å². The molecule has 0 saturated carbocycles. The number of thiocarbonyl (C=S) groups is 1. The summed E-state index contributed by atoms with van der Waals surface area (Å²) in [6, 6.07) is 11.9. The van der Waals surface area contributed by atoms with Gasteiger partial charge in [0.05, 0.1) is 4.90 Å². The fourth-order valence-corrected chi connectivity index (χ4v) is 4.59. The van der Waals surface area contributed by atoms with Crippen molar-refractivity contribution in [1.29, 1.82) is 0 Å². The van der Waals surface area contributed by atoms with Crippen molar-refractivity contribution in [1.82, 2.24) is 9.62 Å². The van der Waals surface area contributed by atoms with Gasteiger partial charge in [0.25, 0.3) is 0 Å². The number of halogens is 1. The van der Waals surface area contributed by atoms with Crippen LogP contribution in [0.25, 0.3) is 6.08 Å². The van der Waals surface area contributed by atoms with Crippen LogP contribution in [-0.4, -0.2) is 36.8 Å². The molecule has 1 aliphatic heterocycles. The Balaban J connectivity index is 1.55. The minimum Gasteiger partial charge on any atom is -0.332 e. The summed E-state index contributed by atoms with van der Waals surface area (Å²) in [4.78, 5) is 12.2. The highest BCUT2D eigenvalue weighted by molar-refractivity contribution is 7.89. The maximum absolute atomic E-state index is 12.9. The molecule has 9 heteroatoms. The zero-order valence-electron chi connectivity index (χ0n) is 15.5. The number of rotatable bonds is 5. The summed E-state index contributed by atoms with van der Waals surface area (Å²) in [6.07, 6.45) is 4.58. The molecular formula is C20H20FN3O3S2. The van der Waals surface area contributed by atoms with Crippen molar-refractivity contribution in [2.75, 3.05) is 18.4 Å². The fraction of sp³-hybridized carbons (Fsp3) is 0.200. The number of sulfonamides is 1. The van der Waals surface area contributed by atoms with E-state index < -0.39 is 15.9 Å². The van der Waals surface area contributed by atoms with Gasteiger partial charge in [-0.1, -0.05) is 12.1 Å². The summed E-state index contributed by atoms with van der Waals surface area (Å²) >= 11 is 5.10. The Bertz CT molecular complexity index is 1010. The van der Waals surface area contributed by atoms with Crippen molar-refractivity contribution in [3.05, 3.63) is 66.0 Å². The molecule has 29 heavy (non-hydrogen) atoms. The number of nitrogens with zero attached hydrogens (tertiary/aromatic N) is 1. The van der Waals surface area contributed by atoms with Crippen LogP contribution in [-0.2, 0) is 14.8 Å². The maximum Gasteiger partial charge on any atom is 0.250 e. The van der Waals surface area contributed by atoms with Crippen LogP contribution in [0.1, 0.15) is 18.4 Å². The van der Waals surface area contributed by atoms with Gasteiger partial charge in [-0.25, -0.2) is 12.8 Å². The molecule has 0 aromatic heterocycles. The predicted molar refractivity (Wildman–Crippen MR) is 114 cm³/mol. The fourth-order valence-electron chi connectivity index (χ4n) is 2.85. The van der Waals surface area contributed by atoms with Gasteiger partial charge in [0, 0.05) is 24.9 Å². The first-order valence-corrected chi connectivity index (χ1v) is 10.9. The number of hydrogen-bond donors (Lipinski definition) is 2. The van der Waals surface area contributed by atoms with Crippen molar-refractivity contribution >= 4 is 45.0 Å². The average molecular weight is 434 g/mol. The quantitative estimate of drug-likeness (QED) is 0.560. The molecule has 1 aliphatic rings. The molecular weight excluding hydrogens is 413 g/mol. The zero-order chi connectivity index (χ0) is 20.9. The van der Waals surface area contributed by atoms with E-state index in [4.69, 9.17) is 12.2 Å². The van der Waals surface area contributed by atoms with E-state index in [0.717, 1.165) is 12.8 Å². The molecule has 152 valence electrons. The number of hydrogen-bond acceptors (Lipinski definition) is 4. The number of nitrogens with one attached hydrogen (secondary N) is 2. The predicted octanol–water partition coefficient (Wildman–Crippen LogP) is 3.14. The average Bonchev–Trinajstić information content (AvgIpc) is 3.23. The molecule has 0 atom stereocenters. The van der Waals surface area contributed by atoms with Gasteiger partial charge in [0.1, 0.15) is 5.82 Å². The lowest BCUT2D eigenvalue weighted by atomic mass is 10.2. The van der Waals surface area contributed by atoms with Crippen LogP contribution >= 0.6 is 12.2 Å². The Morgan fingerprint density at radius 2 is 1.66 bits per heavy atom. The van der Waals surface area contributed by atoms with Crippen molar-refractivity contribution in [2.24, 2.45) is 0 Å². The normalized spacial score (nSPS) is 14.8. The summed E-state index contributed by atoms with van der Waals surface area (Å²) < 4.78 is 39.4. The van der Waals surface area contributed by atoms with E-state index in [1.54, 1.807) is 24.3 Å². The standard InChI is InChI=1S/C20H20FN3O3S2/c21-16-6-3-15(4-7-16)5-12-19(25)23-20(28)22-17-8-10-18(11-9-17)29(26,27)24-13-1-2-14-24/h3-12H,1-2,13-14H2,(H2,22,23,25,28)/b12-5+. The molecule has 0 spiro atoms. The second-order valence-electron chi connectivity index (χ2n) is 6.46. The highest BCUT2D eigenvalue weighted by atomic mass is 32.2. The van der Waals surface area contributed by atoms with Crippen LogP contribution in [0.15, 0.2) is 59.5 Å². The van der Waals surface area contributed by atoms with Crippen LogP contribution in [0.2, 0.25) is 0 Å². The number of carbonyl (C=O) groups is 1. The summed E-state index contributed by atoms with van der Waals surface area (Å²) in [5, 5.41) is 5.41. The Hall–Kier alpha value is -2.62. The smallest absolute Gasteiger partial charge is 0.250 e. The largest absolute Gasteiger partial charge is 0.332 e. The van der Waals surface area contributed by atoms with Crippen molar-refractivity contribution in [3.8, 4) is 0 Å². The second-order valence-corrected chi connectivity index (χ2v) is 8.81. The summed E-state index contributed by atoms with van der Waals surface area (Å²) in [5.74, 6) is -0.795. The third-order valence-corrected chi connectivity index (χ3v) is 6.47. The number of carbonyl (C=O) groups excluding carboxylic acids is 1. The van der Waals surface area contributed by atoms with Gasteiger partial charge in [-0.3, -0.25) is 10.1 Å². The van der Waals surface area contributed by atoms with Gasteiger partial charge in [-0.05, 0) is 73.1 Å². The van der Waals surface area contributed by atoms with E-state index in [9.17, 15) is 17.6 Å². The Morgan fingerprint density at radius 3 is 2.28 bits per heavy atom. The van der Waals surface area contributed by atoms with Crippen molar-refractivity contribution in [3.63, 3.8) is 0 Å². The van der Waals surface area contributed by atoms with E-state index in [2.05, 4.69) is 10.6 Å². The van der Waals surface area contributed by atoms with Gasteiger partial charge >= 0.3 is 0 Å². The van der Waals surface area contributed by atoms with Gasteiger partial charge in [-0.2, -0.15) is 4.31 Å². The third kappa shape index (κ3) is 5.69. The molecule has 1 saturated heterocycles. The first-order valence-electron chi connectivity index (χ1n) is 9.00. The SMILES string of the molecule is O=C(/C=C/c1ccc(F)cc1)NC(=S)Nc1ccc(S(=O)(=O)N2CCCC2)cc1. The summed E-state index contributed by atoms with van der Waals surface area (Å²) in [7, 11) is -3.47. The summed E-state index contributed by atoms with van der Waals surface area (Å²) in [6.45, 7) is 1.09. The van der Waals surface area contributed by atoms with Crippen LogP contribution in [0.5, 0.6) is 0 Å². The Labute approximate surface area is 174 Å². The monoisotopic (exact) mass is 433 g/mol. The van der Waals surface area contributed by atoms with E-state index >= 15 is 0 Å². The molecule has 2 aromatic carbocycles. The number of amides is 1. The lowest BCUT2D eigenvalue weighted by Gasteiger charge is -2.16. The van der Waals surface area contributed by atoms with Gasteiger partial charge < -0.3 is 5.32 Å². The zero-order valence-corrected chi connectivity index (χ0v) is 17.1. The van der Waals surface area contributed by atoms with E-state index in [1.807, 2.05) is 0 Å². The third-order valence-electron chi connectivity index (χ3n) is 4.35. The van der Waals surface area contributed by atoms with Gasteiger partial charge in [0.15, 0.2) is 5.11 Å². The molecule has 3 rings (SSSR count). The minimum absolute atomic E-state index is 0.0777. The van der Waals surface area contributed by atoms with Crippen molar-refractivity contribution < 1.29 is 17.6 Å². The molecule has 1 heterocycles. The molecule has 2 N–H and O–H groups in total. The molecule has 0 unspecified atom stereocenters. The minimum atomic E-state index is -3.47. The summed E-state index contributed by atoms with van der Waals surface area (Å²) in [5.41, 5.74) is 1.23. The first kappa shape index (κ1) is 21.1. The number of benzene rings is 2. The molecule has 0 bridgehead atoms. The Kier molecular flexibility index (Phi) is 6.73. The van der Waals surface area contributed by atoms with Gasteiger partial charge in [0.2, 0.25) is 15.9 Å². The lowest BCUT2D eigenvalue weighted by molar-refractivity contribution is -0.115. The van der Waals surface area contributed by atoms with Crippen molar-refractivity contribution in [2.45, 2.75) is 17.7 Å². The molecule has 0 radical (unpaired) electrons. The molecule has 2 aromatic rings. The van der Waals surface area contributed by atoms with Crippen LogP contribution < -0.4 is 10.6 Å². The lowest BCUT2D eigenvalue weighted by Crippen LogP contribution is -2.32. The molecule has 1 fully saturated rings. The van der Waals surface area contributed by atoms with E-state index in [1.165, 1.54) is 40.7 Å². The van der Waals surface area contributed by atoms with Gasteiger partial charge in [-0.15, -0.1) is 0 Å². The highest BCUT2D eigenvalue weighted by Gasteiger charge is 2.26. The molecule has 1 amide bonds. The number of anilines is 1. The Morgan fingerprint density at radius 1 is 1.03 bits per heavy atom. The topological polar surface area (TPSA) is 78.5 Å². The second kappa shape index (κ2) is 9.25. The van der Waals surface area contributed by atoms with Crippen LogP contribution in [0.4, 0.5) is 10.1 Å². The molecule has 0 aliphatic carbocycles. The van der Waals surface area contributed by atoms with E-state index in [-0.39, 0.29) is 15.8 Å². The first-order chi connectivity index (χ1) is 13.8. The molecule has 6 nitrogen and oxygen atoms in total.